The molecule has 4 nitrogen and oxygen atoms in total. The van der Waals surface area contributed by atoms with Crippen molar-refractivity contribution in [1.29, 1.82) is 0 Å². The normalized spacial score (nSPS) is 15.5. The van der Waals surface area contributed by atoms with Crippen LogP contribution in [0.15, 0.2) is 42.5 Å². The van der Waals surface area contributed by atoms with E-state index in [1.54, 1.807) is 31.3 Å². The second-order valence-electron chi connectivity index (χ2n) is 6.68. The van der Waals surface area contributed by atoms with Crippen molar-refractivity contribution in [1.82, 2.24) is 4.90 Å². The maximum absolute atomic E-state index is 13.8. The highest BCUT2D eigenvalue weighted by molar-refractivity contribution is 5.92. The quantitative estimate of drug-likeness (QED) is 0.716. The van der Waals surface area contributed by atoms with Gasteiger partial charge in [-0.1, -0.05) is 18.2 Å². The summed E-state index contributed by atoms with van der Waals surface area (Å²) >= 11 is 0. The van der Waals surface area contributed by atoms with E-state index in [4.69, 9.17) is 9.47 Å². The molecule has 0 saturated carbocycles. The van der Waals surface area contributed by atoms with E-state index in [0.29, 0.717) is 12.2 Å². The third-order valence-corrected chi connectivity index (χ3v) is 4.48. The summed E-state index contributed by atoms with van der Waals surface area (Å²) in [4.78, 5) is 13.9. The third-order valence-electron chi connectivity index (χ3n) is 4.48. The number of rotatable bonds is 6. The van der Waals surface area contributed by atoms with Crippen LogP contribution in [0.25, 0.3) is 6.08 Å². The van der Waals surface area contributed by atoms with Crippen LogP contribution in [-0.2, 0) is 17.8 Å². The van der Waals surface area contributed by atoms with E-state index in [0.717, 1.165) is 29.0 Å². The van der Waals surface area contributed by atoms with E-state index in [1.165, 1.54) is 17.0 Å². The van der Waals surface area contributed by atoms with Crippen LogP contribution in [0.5, 0.6) is 11.5 Å². The molecule has 1 amide bonds. The summed E-state index contributed by atoms with van der Waals surface area (Å²) in [6.45, 7) is 4.69. The summed E-state index contributed by atoms with van der Waals surface area (Å²) in [5, 5.41) is 0. The van der Waals surface area contributed by atoms with Crippen LogP contribution < -0.4 is 9.47 Å². The number of fused-ring (bicyclic) bond motifs is 1. The zero-order valence-electron chi connectivity index (χ0n) is 15.9. The van der Waals surface area contributed by atoms with E-state index >= 15 is 0 Å². The van der Waals surface area contributed by atoms with Gasteiger partial charge in [-0.25, -0.2) is 4.39 Å². The van der Waals surface area contributed by atoms with Crippen molar-refractivity contribution in [3.63, 3.8) is 0 Å². The second kappa shape index (κ2) is 8.25. The lowest BCUT2D eigenvalue weighted by Crippen LogP contribution is -2.24. The van der Waals surface area contributed by atoms with Crippen molar-refractivity contribution in [2.75, 3.05) is 13.7 Å². The minimum absolute atomic E-state index is 0.141. The molecule has 0 radical (unpaired) electrons. The summed E-state index contributed by atoms with van der Waals surface area (Å²) in [5.74, 6) is 1.03. The van der Waals surface area contributed by atoms with Gasteiger partial charge < -0.3 is 14.4 Å². The standard InChI is InChI=1S/C22H24FNO3/c1-4-26-20-13-18-11-15(2)27-21(18)12-16(20)9-10-22(25)24(3)14-17-7-5-6-8-19(17)23/h5-10,12-13,15H,4,11,14H2,1-3H3/b10-9+. The van der Waals surface area contributed by atoms with Gasteiger partial charge in [0, 0.05) is 42.8 Å². The first-order valence-corrected chi connectivity index (χ1v) is 9.11. The highest BCUT2D eigenvalue weighted by Gasteiger charge is 2.21. The number of carbonyl (C=O) groups excluding carboxylic acids is 1. The van der Waals surface area contributed by atoms with E-state index in [2.05, 4.69) is 0 Å². The van der Waals surface area contributed by atoms with Crippen LogP contribution in [0.4, 0.5) is 4.39 Å². The Balaban J connectivity index is 1.75. The van der Waals surface area contributed by atoms with Gasteiger partial charge in [-0.05, 0) is 38.1 Å². The number of carbonyl (C=O) groups is 1. The molecule has 5 heteroatoms. The summed E-state index contributed by atoms with van der Waals surface area (Å²) in [6.07, 6.45) is 4.19. The van der Waals surface area contributed by atoms with Gasteiger partial charge in [-0.15, -0.1) is 0 Å². The lowest BCUT2D eigenvalue weighted by molar-refractivity contribution is -0.125. The number of halogens is 1. The molecule has 2 aromatic rings. The van der Waals surface area contributed by atoms with Crippen LogP contribution in [-0.4, -0.2) is 30.6 Å². The minimum Gasteiger partial charge on any atom is -0.493 e. The average molecular weight is 369 g/mol. The van der Waals surface area contributed by atoms with Crippen molar-refractivity contribution in [2.45, 2.75) is 32.9 Å². The molecule has 0 fully saturated rings. The van der Waals surface area contributed by atoms with Crippen LogP contribution in [0.2, 0.25) is 0 Å². The van der Waals surface area contributed by atoms with Gasteiger partial charge in [-0.2, -0.15) is 0 Å². The number of amides is 1. The first-order chi connectivity index (χ1) is 13.0. The zero-order valence-corrected chi connectivity index (χ0v) is 15.9. The number of likely N-dealkylation sites (N-methyl/N-ethyl adjacent to an activating group) is 1. The van der Waals surface area contributed by atoms with Gasteiger partial charge in [-0.3, -0.25) is 4.79 Å². The molecule has 0 aliphatic carbocycles. The molecule has 3 rings (SSSR count). The van der Waals surface area contributed by atoms with Crippen molar-refractivity contribution >= 4 is 12.0 Å². The molecule has 27 heavy (non-hydrogen) atoms. The summed E-state index contributed by atoms with van der Waals surface area (Å²) in [6, 6.07) is 10.3. The third kappa shape index (κ3) is 4.48. The predicted octanol–water partition coefficient (Wildman–Crippen LogP) is 4.22. The molecule has 1 heterocycles. The number of benzene rings is 2. The fourth-order valence-electron chi connectivity index (χ4n) is 3.11. The smallest absolute Gasteiger partial charge is 0.246 e. The Kier molecular flexibility index (Phi) is 5.79. The SMILES string of the molecule is CCOc1cc2c(cc1/C=C/C(=O)N(C)Cc1ccccc1F)OC(C)C2. The molecule has 0 N–H and O–H groups in total. The maximum atomic E-state index is 13.8. The van der Waals surface area contributed by atoms with Gasteiger partial charge in [0.2, 0.25) is 5.91 Å². The summed E-state index contributed by atoms with van der Waals surface area (Å²) < 4.78 is 25.3. The molecule has 0 bridgehead atoms. The average Bonchev–Trinajstić information content (AvgIpc) is 3.00. The van der Waals surface area contributed by atoms with Crippen LogP contribution >= 0.6 is 0 Å². The highest BCUT2D eigenvalue weighted by Crippen LogP contribution is 2.35. The Morgan fingerprint density at radius 1 is 1.37 bits per heavy atom. The van der Waals surface area contributed by atoms with Crippen LogP contribution in [0.1, 0.15) is 30.5 Å². The summed E-state index contributed by atoms with van der Waals surface area (Å²) in [5.41, 5.74) is 2.39. The van der Waals surface area contributed by atoms with Gasteiger partial charge in [0.1, 0.15) is 23.4 Å². The number of hydrogen-bond donors (Lipinski definition) is 0. The minimum atomic E-state index is -0.315. The molecule has 2 aromatic carbocycles. The van der Waals surface area contributed by atoms with Gasteiger partial charge >= 0.3 is 0 Å². The zero-order chi connectivity index (χ0) is 19.4. The van der Waals surface area contributed by atoms with Crippen molar-refractivity contribution in [2.24, 2.45) is 0 Å². The van der Waals surface area contributed by atoms with Crippen molar-refractivity contribution in [3.8, 4) is 11.5 Å². The highest BCUT2D eigenvalue weighted by atomic mass is 19.1. The molecular weight excluding hydrogens is 345 g/mol. The van der Waals surface area contributed by atoms with Crippen molar-refractivity contribution < 1.29 is 18.7 Å². The van der Waals surface area contributed by atoms with Gasteiger partial charge in [0.25, 0.3) is 0 Å². The largest absolute Gasteiger partial charge is 0.493 e. The number of hydrogen-bond acceptors (Lipinski definition) is 3. The maximum Gasteiger partial charge on any atom is 0.246 e. The van der Waals surface area contributed by atoms with E-state index in [-0.39, 0.29) is 24.4 Å². The van der Waals surface area contributed by atoms with Gasteiger partial charge in [0.15, 0.2) is 0 Å². The predicted molar refractivity (Wildman–Crippen MR) is 103 cm³/mol. The molecule has 1 aliphatic rings. The Labute approximate surface area is 159 Å². The lowest BCUT2D eigenvalue weighted by Gasteiger charge is -2.16. The molecule has 0 saturated heterocycles. The first kappa shape index (κ1) is 19.0. The molecule has 142 valence electrons. The lowest BCUT2D eigenvalue weighted by atomic mass is 10.1. The fraction of sp³-hybridized carbons (Fsp3) is 0.318. The van der Waals surface area contributed by atoms with Crippen LogP contribution in [0.3, 0.4) is 0 Å². The van der Waals surface area contributed by atoms with Crippen LogP contribution in [0, 0.1) is 5.82 Å². The van der Waals surface area contributed by atoms with Gasteiger partial charge in [0.05, 0.1) is 6.61 Å². The molecular formula is C22H24FNO3. The van der Waals surface area contributed by atoms with E-state index in [9.17, 15) is 9.18 Å². The molecule has 1 aliphatic heterocycles. The fourth-order valence-corrected chi connectivity index (χ4v) is 3.11. The Morgan fingerprint density at radius 3 is 2.89 bits per heavy atom. The van der Waals surface area contributed by atoms with E-state index < -0.39 is 0 Å². The number of nitrogens with zero attached hydrogens (tertiary/aromatic N) is 1. The Morgan fingerprint density at radius 2 is 2.15 bits per heavy atom. The monoisotopic (exact) mass is 369 g/mol. The number of ether oxygens (including phenoxy) is 2. The molecule has 0 spiro atoms. The Hall–Kier alpha value is -2.82. The summed E-state index contributed by atoms with van der Waals surface area (Å²) in [7, 11) is 1.65. The molecule has 1 atom stereocenters. The van der Waals surface area contributed by atoms with Crippen molar-refractivity contribution in [3.05, 3.63) is 65.0 Å². The Bertz CT molecular complexity index is 863. The second-order valence-corrected chi connectivity index (χ2v) is 6.68. The topological polar surface area (TPSA) is 38.8 Å². The molecule has 0 aromatic heterocycles. The first-order valence-electron chi connectivity index (χ1n) is 9.11. The van der Waals surface area contributed by atoms with E-state index in [1.807, 2.05) is 26.0 Å². The molecule has 1 unspecified atom stereocenters.